The second-order valence-corrected chi connectivity index (χ2v) is 5.06. The molecule has 0 aliphatic rings. The molecule has 0 unspecified atom stereocenters. The number of esters is 1. The number of aromatic nitrogens is 1. The lowest BCUT2D eigenvalue weighted by molar-refractivity contribution is -0.483. The van der Waals surface area contributed by atoms with E-state index >= 15 is 0 Å². The number of aromatic hydroxyl groups is 1. The van der Waals surface area contributed by atoms with Gasteiger partial charge in [-0.3, -0.25) is 0 Å². The minimum atomic E-state index is -0.448. The molecule has 4 aromatic rings. The Labute approximate surface area is 131 Å². The van der Waals surface area contributed by atoms with Crippen LogP contribution in [0.3, 0.4) is 0 Å². The number of hydrogen-bond donors (Lipinski definition) is 1. The van der Waals surface area contributed by atoms with Gasteiger partial charge in [-0.15, -0.1) is 4.40 Å². The van der Waals surface area contributed by atoms with Gasteiger partial charge < -0.3 is 14.3 Å². The van der Waals surface area contributed by atoms with E-state index in [1.807, 2.05) is 30.3 Å². The number of nitrogens with zero attached hydrogens (tertiary/aromatic N) is 1. The summed E-state index contributed by atoms with van der Waals surface area (Å²) in [6.45, 7) is 0. The SMILES string of the molecule is O=C(Oc1cc2oc(O)c[n+]2c2ccccc12)c1ccccc1. The van der Waals surface area contributed by atoms with Crippen LogP contribution < -0.4 is 9.14 Å². The summed E-state index contributed by atoms with van der Waals surface area (Å²) in [6.07, 6.45) is 1.47. The highest BCUT2D eigenvalue weighted by atomic mass is 16.5. The molecule has 2 aromatic carbocycles. The zero-order valence-electron chi connectivity index (χ0n) is 12.0. The summed E-state index contributed by atoms with van der Waals surface area (Å²) in [5.41, 5.74) is 1.62. The largest absolute Gasteiger partial charge is 0.476 e. The fourth-order valence-electron chi connectivity index (χ4n) is 2.54. The Morgan fingerprint density at radius 1 is 1.04 bits per heavy atom. The molecule has 2 heterocycles. The van der Waals surface area contributed by atoms with Gasteiger partial charge in [-0.25, -0.2) is 4.79 Å². The molecule has 23 heavy (non-hydrogen) atoms. The lowest BCUT2D eigenvalue weighted by Crippen LogP contribution is -2.20. The maximum absolute atomic E-state index is 12.3. The van der Waals surface area contributed by atoms with Crippen molar-refractivity contribution in [1.29, 1.82) is 0 Å². The smallest absolute Gasteiger partial charge is 0.385 e. The maximum Gasteiger partial charge on any atom is 0.385 e. The average molecular weight is 306 g/mol. The number of oxazole rings is 1. The van der Waals surface area contributed by atoms with E-state index in [-0.39, 0.29) is 5.95 Å². The standard InChI is InChI=1S/C18H11NO4/c20-17-11-19-14-9-5-4-8-13(14)15(10-16(19)23-17)22-18(21)12-6-2-1-3-7-12/h1-11H/p+1. The van der Waals surface area contributed by atoms with Crippen molar-refractivity contribution in [2.75, 3.05) is 0 Å². The van der Waals surface area contributed by atoms with Crippen LogP contribution in [-0.4, -0.2) is 11.1 Å². The molecule has 4 rings (SSSR count). The van der Waals surface area contributed by atoms with Crippen molar-refractivity contribution in [2.45, 2.75) is 0 Å². The predicted molar refractivity (Wildman–Crippen MR) is 82.4 cm³/mol. The van der Waals surface area contributed by atoms with E-state index in [1.165, 1.54) is 6.20 Å². The Kier molecular flexibility index (Phi) is 2.98. The number of hydrogen-bond acceptors (Lipinski definition) is 4. The molecule has 0 fully saturated rings. The molecule has 0 spiro atoms. The molecule has 0 amide bonds. The molecule has 0 bridgehead atoms. The third-order valence-corrected chi connectivity index (χ3v) is 3.58. The molecule has 0 saturated heterocycles. The summed E-state index contributed by atoms with van der Waals surface area (Å²) >= 11 is 0. The fraction of sp³-hybridized carbons (Fsp3) is 0. The number of carbonyl (C=O) groups is 1. The number of fused-ring (bicyclic) bond motifs is 3. The molecule has 112 valence electrons. The molecule has 5 heteroatoms. The molecular formula is C18H12NO4+. The third kappa shape index (κ3) is 2.28. The first-order chi connectivity index (χ1) is 11.2. The number of pyridine rings is 1. The summed E-state index contributed by atoms with van der Waals surface area (Å²) in [6, 6.07) is 17.8. The van der Waals surface area contributed by atoms with Crippen molar-refractivity contribution in [3.05, 3.63) is 72.4 Å². The van der Waals surface area contributed by atoms with Crippen LogP contribution in [0.25, 0.3) is 16.6 Å². The van der Waals surface area contributed by atoms with Crippen molar-refractivity contribution in [2.24, 2.45) is 0 Å². The van der Waals surface area contributed by atoms with Gasteiger partial charge in [0.05, 0.1) is 17.0 Å². The van der Waals surface area contributed by atoms with Crippen LogP contribution in [0, 0.1) is 0 Å². The zero-order chi connectivity index (χ0) is 15.8. The summed E-state index contributed by atoms with van der Waals surface area (Å²) in [5.74, 6) is -0.277. The normalized spacial score (nSPS) is 11.0. The van der Waals surface area contributed by atoms with Crippen molar-refractivity contribution < 1.29 is 23.5 Å². The van der Waals surface area contributed by atoms with Gasteiger partial charge in [-0.2, -0.15) is 0 Å². The summed E-state index contributed by atoms with van der Waals surface area (Å²) in [7, 11) is 0. The maximum atomic E-state index is 12.3. The Morgan fingerprint density at radius 3 is 2.61 bits per heavy atom. The van der Waals surface area contributed by atoms with E-state index in [2.05, 4.69) is 0 Å². The fourth-order valence-corrected chi connectivity index (χ4v) is 2.54. The summed E-state index contributed by atoms with van der Waals surface area (Å²) in [5, 5.41) is 10.3. The third-order valence-electron chi connectivity index (χ3n) is 3.58. The molecule has 5 nitrogen and oxygen atoms in total. The Hall–Kier alpha value is -3.34. The lowest BCUT2D eigenvalue weighted by Gasteiger charge is -2.05. The lowest BCUT2D eigenvalue weighted by atomic mass is 10.2. The minimum absolute atomic E-state index is 0.207. The first-order valence-electron chi connectivity index (χ1n) is 7.05. The average Bonchev–Trinajstić information content (AvgIpc) is 2.96. The van der Waals surface area contributed by atoms with Crippen molar-refractivity contribution in [3.63, 3.8) is 0 Å². The van der Waals surface area contributed by atoms with Crippen LogP contribution >= 0.6 is 0 Å². The highest BCUT2D eigenvalue weighted by Gasteiger charge is 2.21. The first-order valence-corrected chi connectivity index (χ1v) is 7.05. The highest BCUT2D eigenvalue weighted by molar-refractivity contribution is 5.94. The van der Waals surface area contributed by atoms with Crippen molar-refractivity contribution in [3.8, 4) is 11.7 Å². The van der Waals surface area contributed by atoms with Gasteiger partial charge in [0.1, 0.15) is 0 Å². The molecule has 0 atom stereocenters. The summed E-state index contributed by atoms with van der Waals surface area (Å²) < 4.78 is 12.5. The van der Waals surface area contributed by atoms with Gasteiger partial charge in [0, 0.05) is 6.07 Å². The molecule has 2 aromatic heterocycles. The number of para-hydroxylation sites is 1. The number of carbonyl (C=O) groups excluding carboxylic acids is 1. The topological polar surface area (TPSA) is 63.8 Å². The molecule has 0 saturated carbocycles. The Balaban J connectivity index is 1.86. The van der Waals surface area contributed by atoms with Crippen LogP contribution in [0.4, 0.5) is 0 Å². The molecule has 0 aliphatic heterocycles. The Morgan fingerprint density at radius 2 is 1.78 bits per heavy atom. The molecule has 1 N–H and O–H groups in total. The van der Waals surface area contributed by atoms with Crippen LogP contribution in [-0.2, 0) is 0 Å². The van der Waals surface area contributed by atoms with Gasteiger partial charge in [-0.1, -0.05) is 30.3 Å². The van der Waals surface area contributed by atoms with Crippen molar-refractivity contribution >= 4 is 22.6 Å². The Bertz CT molecular complexity index is 1020. The monoisotopic (exact) mass is 306 g/mol. The van der Waals surface area contributed by atoms with E-state index in [4.69, 9.17) is 9.15 Å². The van der Waals surface area contributed by atoms with E-state index in [0.717, 1.165) is 10.9 Å². The quantitative estimate of drug-likeness (QED) is 0.456. The van der Waals surface area contributed by atoms with Crippen LogP contribution in [0.2, 0.25) is 0 Å². The van der Waals surface area contributed by atoms with Crippen molar-refractivity contribution in [1.82, 2.24) is 0 Å². The van der Waals surface area contributed by atoms with E-state index < -0.39 is 5.97 Å². The van der Waals surface area contributed by atoms with Gasteiger partial charge in [-0.05, 0) is 18.2 Å². The van der Waals surface area contributed by atoms with E-state index in [1.54, 1.807) is 34.7 Å². The van der Waals surface area contributed by atoms with Crippen LogP contribution in [0.1, 0.15) is 10.4 Å². The summed E-state index contributed by atoms with van der Waals surface area (Å²) in [4.78, 5) is 12.3. The first kappa shape index (κ1) is 13.3. The van der Waals surface area contributed by atoms with Gasteiger partial charge in [0.25, 0.3) is 6.20 Å². The number of benzene rings is 2. The highest BCUT2D eigenvalue weighted by Crippen LogP contribution is 2.27. The number of rotatable bonds is 2. The molecule has 0 aliphatic carbocycles. The molecule has 0 radical (unpaired) electrons. The second-order valence-electron chi connectivity index (χ2n) is 5.06. The second kappa shape index (κ2) is 5.14. The number of ether oxygens (including phenoxy) is 1. The predicted octanol–water partition coefficient (Wildman–Crippen LogP) is 3.10. The molecular weight excluding hydrogens is 294 g/mol. The van der Waals surface area contributed by atoms with E-state index in [0.29, 0.717) is 17.0 Å². The zero-order valence-corrected chi connectivity index (χ0v) is 12.0. The van der Waals surface area contributed by atoms with Gasteiger partial charge in [0.2, 0.25) is 5.52 Å². The minimum Gasteiger partial charge on any atom is -0.476 e. The van der Waals surface area contributed by atoms with E-state index in [9.17, 15) is 9.90 Å². The van der Waals surface area contributed by atoms with Crippen LogP contribution in [0.5, 0.6) is 11.7 Å². The van der Waals surface area contributed by atoms with Gasteiger partial charge in [0.15, 0.2) is 5.75 Å². The van der Waals surface area contributed by atoms with Gasteiger partial charge >= 0.3 is 17.6 Å². The van der Waals surface area contributed by atoms with Crippen LogP contribution in [0.15, 0.2) is 71.3 Å².